The minimum atomic E-state index is -0.441. The highest BCUT2D eigenvalue weighted by molar-refractivity contribution is 5.98. The summed E-state index contributed by atoms with van der Waals surface area (Å²) in [7, 11) is 1.54. The first-order valence-electron chi connectivity index (χ1n) is 7.23. The second-order valence-electron chi connectivity index (χ2n) is 5.20. The van der Waals surface area contributed by atoms with Crippen molar-refractivity contribution >= 4 is 17.5 Å². The van der Waals surface area contributed by atoms with Gasteiger partial charge in [-0.05, 0) is 37.1 Å². The molecule has 1 aromatic carbocycles. The van der Waals surface area contributed by atoms with E-state index in [9.17, 15) is 9.59 Å². The van der Waals surface area contributed by atoms with Gasteiger partial charge in [-0.1, -0.05) is 18.2 Å². The first-order chi connectivity index (χ1) is 11.0. The van der Waals surface area contributed by atoms with Crippen molar-refractivity contribution in [2.45, 2.75) is 20.5 Å². The number of carbonyl (C=O) groups excluding carboxylic acids is 2. The number of anilines is 1. The van der Waals surface area contributed by atoms with Crippen molar-refractivity contribution in [1.82, 2.24) is 5.32 Å². The smallest absolute Gasteiger partial charge is 0.287 e. The molecule has 0 atom stereocenters. The van der Waals surface area contributed by atoms with Gasteiger partial charge in [0.1, 0.15) is 12.4 Å². The van der Waals surface area contributed by atoms with E-state index in [1.54, 1.807) is 19.2 Å². The molecule has 0 aliphatic heterocycles. The minimum absolute atomic E-state index is 0.132. The van der Waals surface area contributed by atoms with Crippen LogP contribution in [0.1, 0.15) is 27.4 Å². The Bertz CT molecular complexity index is 686. The molecule has 2 amide bonds. The van der Waals surface area contributed by atoms with Crippen LogP contribution >= 0.6 is 0 Å². The van der Waals surface area contributed by atoms with Gasteiger partial charge in [-0.3, -0.25) is 9.59 Å². The van der Waals surface area contributed by atoms with Crippen LogP contribution in [0.5, 0.6) is 0 Å². The van der Waals surface area contributed by atoms with E-state index in [-0.39, 0.29) is 18.2 Å². The zero-order valence-electron chi connectivity index (χ0n) is 13.4. The van der Waals surface area contributed by atoms with Gasteiger partial charge in [-0.25, -0.2) is 0 Å². The van der Waals surface area contributed by atoms with Crippen LogP contribution in [0.15, 0.2) is 34.7 Å². The van der Waals surface area contributed by atoms with Gasteiger partial charge in [0.15, 0.2) is 5.76 Å². The number of amides is 2. The molecule has 0 saturated heterocycles. The summed E-state index contributed by atoms with van der Waals surface area (Å²) in [5.41, 5.74) is 2.71. The normalized spacial score (nSPS) is 10.4. The highest BCUT2D eigenvalue weighted by Gasteiger charge is 2.13. The Morgan fingerprint density at radius 2 is 1.83 bits per heavy atom. The number of rotatable bonds is 6. The molecule has 2 N–H and O–H groups in total. The number of para-hydroxylation sites is 1. The van der Waals surface area contributed by atoms with Crippen LogP contribution in [0, 0.1) is 13.8 Å². The molecule has 1 heterocycles. The summed E-state index contributed by atoms with van der Waals surface area (Å²) < 4.78 is 10.2. The number of aryl methyl sites for hydroxylation is 2. The Labute approximate surface area is 134 Å². The topological polar surface area (TPSA) is 80.6 Å². The Balaban J connectivity index is 1.89. The van der Waals surface area contributed by atoms with Gasteiger partial charge in [-0.2, -0.15) is 0 Å². The summed E-state index contributed by atoms with van der Waals surface area (Å²) in [6, 6.07) is 8.97. The third-order valence-corrected chi connectivity index (χ3v) is 3.33. The SMILES string of the molecule is COCc1ccc(C(=O)NCC(=O)Nc2c(C)cccc2C)o1. The van der Waals surface area contributed by atoms with Crippen molar-refractivity contribution < 1.29 is 18.7 Å². The van der Waals surface area contributed by atoms with E-state index in [2.05, 4.69) is 10.6 Å². The maximum atomic E-state index is 12.0. The number of furan rings is 1. The summed E-state index contributed by atoms with van der Waals surface area (Å²) in [5, 5.41) is 5.33. The second-order valence-corrected chi connectivity index (χ2v) is 5.20. The van der Waals surface area contributed by atoms with Crippen molar-refractivity contribution in [3.8, 4) is 0 Å². The third-order valence-electron chi connectivity index (χ3n) is 3.33. The van der Waals surface area contributed by atoms with Gasteiger partial charge >= 0.3 is 0 Å². The predicted octanol–water partition coefficient (Wildman–Crippen LogP) is 2.41. The van der Waals surface area contributed by atoms with Crippen LogP contribution in [-0.4, -0.2) is 25.5 Å². The third kappa shape index (κ3) is 4.43. The van der Waals surface area contributed by atoms with E-state index in [0.717, 1.165) is 16.8 Å². The van der Waals surface area contributed by atoms with Crippen molar-refractivity contribution in [1.29, 1.82) is 0 Å². The van der Waals surface area contributed by atoms with Crippen molar-refractivity contribution in [3.63, 3.8) is 0 Å². The summed E-state index contributed by atoms with van der Waals surface area (Å²) in [4.78, 5) is 23.9. The number of nitrogens with one attached hydrogen (secondary N) is 2. The molecular weight excluding hydrogens is 296 g/mol. The number of methoxy groups -OCH3 is 1. The monoisotopic (exact) mass is 316 g/mol. The van der Waals surface area contributed by atoms with Crippen molar-refractivity contribution in [3.05, 3.63) is 53.0 Å². The molecule has 2 rings (SSSR count). The van der Waals surface area contributed by atoms with Crippen LogP contribution in [0.25, 0.3) is 0 Å². The fourth-order valence-corrected chi connectivity index (χ4v) is 2.16. The van der Waals surface area contributed by atoms with Crippen LogP contribution in [0.3, 0.4) is 0 Å². The maximum absolute atomic E-state index is 12.0. The summed E-state index contributed by atoms with van der Waals surface area (Å²) in [6.07, 6.45) is 0. The van der Waals surface area contributed by atoms with E-state index in [4.69, 9.17) is 9.15 Å². The molecule has 122 valence electrons. The highest BCUT2D eigenvalue weighted by Crippen LogP contribution is 2.19. The Hall–Kier alpha value is -2.60. The highest BCUT2D eigenvalue weighted by atomic mass is 16.5. The van der Waals surface area contributed by atoms with E-state index in [1.807, 2.05) is 32.0 Å². The zero-order chi connectivity index (χ0) is 16.8. The van der Waals surface area contributed by atoms with Gasteiger partial charge in [0.2, 0.25) is 5.91 Å². The molecule has 0 radical (unpaired) electrons. The largest absolute Gasteiger partial charge is 0.453 e. The minimum Gasteiger partial charge on any atom is -0.453 e. The molecule has 6 nitrogen and oxygen atoms in total. The average molecular weight is 316 g/mol. The molecule has 0 spiro atoms. The molecule has 0 bridgehead atoms. The molecule has 0 aliphatic carbocycles. The number of ether oxygens (including phenoxy) is 1. The Morgan fingerprint density at radius 1 is 1.13 bits per heavy atom. The first-order valence-corrected chi connectivity index (χ1v) is 7.23. The van der Waals surface area contributed by atoms with Gasteiger partial charge in [0.05, 0.1) is 6.54 Å². The van der Waals surface area contributed by atoms with E-state index in [1.165, 1.54) is 0 Å². The number of benzene rings is 1. The van der Waals surface area contributed by atoms with Crippen LogP contribution in [0.4, 0.5) is 5.69 Å². The lowest BCUT2D eigenvalue weighted by Gasteiger charge is -2.11. The lowest BCUT2D eigenvalue weighted by molar-refractivity contribution is -0.115. The second kappa shape index (κ2) is 7.60. The fourth-order valence-electron chi connectivity index (χ4n) is 2.16. The molecule has 6 heteroatoms. The van der Waals surface area contributed by atoms with Crippen LogP contribution < -0.4 is 10.6 Å². The molecule has 0 unspecified atom stereocenters. The first kappa shape index (κ1) is 16.8. The lowest BCUT2D eigenvalue weighted by Crippen LogP contribution is -2.33. The molecule has 2 aromatic rings. The molecule has 23 heavy (non-hydrogen) atoms. The summed E-state index contributed by atoms with van der Waals surface area (Å²) >= 11 is 0. The van der Waals surface area contributed by atoms with Gasteiger partial charge < -0.3 is 19.8 Å². The molecule has 1 aromatic heterocycles. The standard InChI is InChI=1S/C17H20N2O4/c1-11-5-4-6-12(2)16(11)19-15(20)9-18-17(21)14-8-7-13(23-14)10-22-3/h4-8H,9-10H2,1-3H3,(H,18,21)(H,19,20). The van der Waals surface area contributed by atoms with Gasteiger partial charge in [-0.15, -0.1) is 0 Å². The number of hydrogen-bond acceptors (Lipinski definition) is 4. The molecule has 0 aliphatic rings. The summed E-state index contributed by atoms with van der Waals surface area (Å²) in [5.74, 6) is -0.0296. The van der Waals surface area contributed by atoms with Gasteiger partial charge in [0.25, 0.3) is 5.91 Å². The predicted molar refractivity (Wildman–Crippen MR) is 86.3 cm³/mol. The molecule has 0 fully saturated rings. The van der Waals surface area contributed by atoms with Crippen molar-refractivity contribution in [2.75, 3.05) is 19.0 Å². The van der Waals surface area contributed by atoms with Crippen molar-refractivity contribution in [2.24, 2.45) is 0 Å². The quantitative estimate of drug-likeness (QED) is 0.857. The number of carbonyl (C=O) groups is 2. The average Bonchev–Trinajstić information content (AvgIpc) is 2.98. The zero-order valence-corrected chi connectivity index (χ0v) is 13.4. The van der Waals surface area contributed by atoms with E-state index in [0.29, 0.717) is 12.4 Å². The maximum Gasteiger partial charge on any atom is 0.287 e. The van der Waals surface area contributed by atoms with Crippen LogP contribution in [0.2, 0.25) is 0 Å². The van der Waals surface area contributed by atoms with Gasteiger partial charge in [0, 0.05) is 12.8 Å². The Morgan fingerprint density at radius 3 is 2.48 bits per heavy atom. The summed E-state index contributed by atoms with van der Waals surface area (Å²) in [6.45, 7) is 4.00. The number of hydrogen-bond donors (Lipinski definition) is 2. The molecule has 0 saturated carbocycles. The van der Waals surface area contributed by atoms with Crippen LogP contribution in [-0.2, 0) is 16.1 Å². The molecular formula is C17H20N2O4. The van der Waals surface area contributed by atoms with E-state index < -0.39 is 5.91 Å². The fraction of sp³-hybridized carbons (Fsp3) is 0.294. The van der Waals surface area contributed by atoms with E-state index >= 15 is 0 Å². The Kier molecular flexibility index (Phi) is 5.54. The lowest BCUT2D eigenvalue weighted by atomic mass is 10.1.